The topological polar surface area (TPSA) is 38.7 Å². The van der Waals surface area contributed by atoms with Crippen LogP contribution in [-0.2, 0) is 9.47 Å². The van der Waals surface area contributed by atoms with Gasteiger partial charge in [-0.05, 0) is 38.0 Å². The van der Waals surface area contributed by atoms with Crippen LogP contribution < -0.4 is 0 Å². The Balaban J connectivity index is 1.83. The maximum atomic E-state index is 9.82. The largest absolute Gasteiger partial charge is 0.391 e. The van der Waals surface area contributed by atoms with E-state index in [2.05, 4.69) is 0 Å². The Bertz CT molecular complexity index is 218. The van der Waals surface area contributed by atoms with E-state index in [9.17, 15) is 5.11 Å². The summed E-state index contributed by atoms with van der Waals surface area (Å²) in [7, 11) is 1.65. The minimum absolute atomic E-state index is 0.161. The second kappa shape index (κ2) is 6.17. The molecule has 0 aromatic rings. The number of hydrogen-bond donors (Lipinski definition) is 1. The van der Waals surface area contributed by atoms with Crippen LogP contribution in [0.1, 0.15) is 51.4 Å². The van der Waals surface area contributed by atoms with Crippen LogP contribution in [0.4, 0.5) is 0 Å². The summed E-state index contributed by atoms with van der Waals surface area (Å²) in [5, 5.41) is 9.82. The average Bonchev–Trinajstić information content (AvgIpc) is 2.30. The van der Waals surface area contributed by atoms with Crippen molar-refractivity contribution in [1.29, 1.82) is 0 Å². The van der Waals surface area contributed by atoms with Crippen molar-refractivity contribution in [3.05, 3.63) is 0 Å². The summed E-state index contributed by atoms with van der Waals surface area (Å²) in [6.07, 6.45) is 9.26. The fourth-order valence-electron chi connectivity index (χ4n) is 3.52. The lowest BCUT2D eigenvalue weighted by Gasteiger charge is -2.44. The highest BCUT2D eigenvalue weighted by atomic mass is 16.5. The molecular weight excluding hydrogens is 216 g/mol. The quantitative estimate of drug-likeness (QED) is 0.823. The van der Waals surface area contributed by atoms with Crippen LogP contribution in [0.25, 0.3) is 0 Å². The lowest BCUT2D eigenvalue weighted by Crippen LogP contribution is -2.42. The Labute approximate surface area is 104 Å². The first-order valence-corrected chi connectivity index (χ1v) is 7.05. The molecule has 2 atom stereocenters. The van der Waals surface area contributed by atoms with Gasteiger partial charge in [-0.1, -0.05) is 19.3 Å². The molecule has 2 rings (SSSR count). The molecule has 100 valence electrons. The van der Waals surface area contributed by atoms with Gasteiger partial charge in [0.15, 0.2) is 0 Å². The monoisotopic (exact) mass is 242 g/mol. The maximum Gasteiger partial charge on any atom is 0.0776 e. The predicted molar refractivity (Wildman–Crippen MR) is 67.0 cm³/mol. The summed E-state index contributed by atoms with van der Waals surface area (Å²) in [5.74, 6) is 0.618. The predicted octanol–water partition coefficient (Wildman–Crippen LogP) is 2.51. The first-order chi connectivity index (χ1) is 8.24. The van der Waals surface area contributed by atoms with Gasteiger partial charge in [0.25, 0.3) is 0 Å². The van der Waals surface area contributed by atoms with Gasteiger partial charge in [0.1, 0.15) is 0 Å². The molecule has 1 N–H and O–H groups in total. The van der Waals surface area contributed by atoms with Crippen molar-refractivity contribution in [2.24, 2.45) is 5.92 Å². The Hall–Kier alpha value is -0.120. The van der Waals surface area contributed by atoms with Gasteiger partial charge in [0.2, 0.25) is 0 Å². The van der Waals surface area contributed by atoms with Gasteiger partial charge in [-0.3, -0.25) is 0 Å². The van der Waals surface area contributed by atoms with E-state index in [1.807, 2.05) is 0 Å². The third kappa shape index (κ3) is 3.67. The first kappa shape index (κ1) is 13.3. The molecule has 17 heavy (non-hydrogen) atoms. The van der Waals surface area contributed by atoms with Crippen LogP contribution in [0.15, 0.2) is 0 Å². The summed E-state index contributed by atoms with van der Waals surface area (Å²) in [5.41, 5.74) is 0.161. The van der Waals surface area contributed by atoms with Crippen molar-refractivity contribution in [3.63, 3.8) is 0 Å². The molecule has 0 aromatic heterocycles. The van der Waals surface area contributed by atoms with Gasteiger partial charge in [-0.25, -0.2) is 0 Å². The first-order valence-electron chi connectivity index (χ1n) is 7.05. The van der Waals surface area contributed by atoms with Gasteiger partial charge in [-0.2, -0.15) is 0 Å². The normalized spacial score (nSPS) is 30.4. The number of rotatable bonds is 4. The summed E-state index contributed by atoms with van der Waals surface area (Å²) >= 11 is 0. The molecule has 2 unspecified atom stereocenters. The number of ether oxygens (including phenoxy) is 2. The zero-order valence-electron chi connectivity index (χ0n) is 11.0. The molecule has 2 aliphatic rings. The fraction of sp³-hybridized carbons (Fsp3) is 1.00. The standard InChI is InChI=1S/C14H26O3/c1-16-11-13(15)9-12-5-8-17-14(10-12)6-3-2-4-7-14/h12-13,15H,2-11H2,1H3. The summed E-state index contributed by atoms with van der Waals surface area (Å²) in [4.78, 5) is 0. The minimum Gasteiger partial charge on any atom is -0.391 e. The highest BCUT2D eigenvalue weighted by Gasteiger charge is 2.38. The summed E-state index contributed by atoms with van der Waals surface area (Å²) in [6, 6.07) is 0. The Morgan fingerprint density at radius 1 is 1.35 bits per heavy atom. The number of aliphatic hydroxyl groups excluding tert-OH is 1. The van der Waals surface area contributed by atoms with Crippen LogP contribution >= 0.6 is 0 Å². The highest BCUT2D eigenvalue weighted by molar-refractivity contribution is 4.90. The van der Waals surface area contributed by atoms with E-state index in [0.29, 0.717) is 12.5 Å². The molecule has 3 heteroatoms. The smallest absolute Gasteiger partial charge is 0.0776 e. The van der Waals surface area contributed by atoms with E-state index in [-0.39, 0.29) is 11.7 Å². The summed E-state index contributed by atoms with van der Waals surface area (Å²) < 4.78 is 11.1. The van der Waals surface area contributed by atoms with Crippen LogP contribution in [0.5, 0.6) is 0 Å². The second-order valence-corrected chi connectivity index (χ2v) is 5.80. The molecule has 0 bridgehead atoms. The lowest BCUT2D eigenvalue weighted by atomic mass is 9.75. The molecule has 1 saturated carbocycles. The van der Waals surface area contributed by atoms with Crippen LogP contribution in [0.3, 0.4) is 0 Å². The van der Waals surface area contributed by atoms with Crippen LogP contribution in [-0.4, -0.2) is 37.1 Å². The maximum absolute atomic E-state index is 9.82. The van der Waals surface area contributed by atoms with Crippen molar-refractivity contribution in [3.8, 4) is 0 Å². The zero-order chi connectivity index (χ0) is 12.1. The van der Waals surface area contributed by atoms with Crippen molar-refractivity contribution < 1.29 is 14.6 Å². The molecular formula is C14H26O3. The Kier molecular flexibility index (Phi) is 4.83. The number of aliphatic hydroxyl groups is 1. The number of methoxy groups -OCH3 is 1. The third-order valence-electron chi connectivity index (χ3n) is 4.32. The van der Waals surface area contributed by atoms with E-state index in [1.54, 1.807) is 7.11 Å². The van der Waals surface area contributed by atoms with Gasteiger partial charge in [-0.15, -0.1) is 0 Å². The highest BCUT2D eigenvalue weighted by Crippen LogP contribution is 2.41. The Morgan fingerprint density at radius 3 is 2.82 bits per heavy atom. The Morgan fingerprint density at radius 2 is 2.12 bits per heavy atom. The molecule has 1 spiro atoms. The van der Waals surface area contributed by atoms with Crippen molar-refractivity contribution in [1.82, 2.24) is 0 Å². The van der Waals surface area contributed by atoms with Gasteiger partial charge in [0.05, 0.1) is 18.3 Å². The zero-order valence-corrected chi connectivity index (χ0v) is 11.0. The molecule has 1 heterocycles. The molecule has 2 fully saturated rings. The average molecular weight is 242 g/mol. The van der Waals surface area contributed by atoms with E-state index >= 15 is 0 Å². The molecule has 0 radical (unpaired) electrons. The van der Waals surface area contributed by atoms with Gasteiger partial charge in [0, 0.05) is 13.7 Å². The molecule has 1 aliphatic heterocycles. The van der Waals surface area contributed by atoms with E-state index in [4.69, 9.17) is 9.47 Å². The fourth-order valence-corrected chi connectivity index (χ4v) is 3.52. The van der Waals surface area contributed by atoms with E-state index < -0.39 is 0 Å². The van der Waals surface area contributed by atoms with Crippen LogP contribution in [0, 0.1) is 5.92 Å². The van der Waals surface area contributed by atoms with Gasteiger partial charge >= 0.3 is 0 Å². The van der Waals surface area contributed by atoms with E-state index in [0.717, 1.165) is 25.9 Å². The summed E-state index contributed by atoms with van der Waals surface area (Å²) in [6.45, 7) is 1.34. The van der Waals surface area contributed by atoms with E-state index in [1.165, 1.54) is 32.1 Å². The molecule has 3 nitrogen and oxygen atoms in total. The molecule has 0 amide bonds. The molecule has 0 aromatic carbocycles. The second-order valence-electron chi connectivity index (χ2n) is 5.80. The van der Waals surface area contributed by atoms with Crippen LogP contribution in [0.2, 0.25) is 0 Å². The van der Waals surface area contributed by atoms with Crippen molar-refractivity contribution in [2.45, 2.75) is 63.1 Å². The molecule has 1 saturated heterocycles. The lowest BCUT2D eigenvalue weighted by molar-refractivity contribution is -0.123. The SMILES string of the molecule is COCC(O)CC1CCOC2(CCCCC2)C1. The third-order valence-corrected chi connectivity index (χ3v) is 4.32. The molecule has 1 aliphatic carbocycles. The van der Waals surface area contributed by atoms with Crippen molar-refractivity contribution in [2.75, 3.05) is 20.3 Å². The number of hydrogen-bond acceptors (Lipinski definition) is 3. The van der Waals surface area contributed by atoms with Gasteiger partial charge < -0.3 is 14.6 Å². The van der Waals surface area contributed by atoms with Crippen molar-refractivity contribution >= 4 is 0 Å². The minimum atomic E-state index is -0.302.